The number of benzene rings is 2. The van der Waals surface area contributed by atoms with Crippen LogP contribution in [0.1, 0.15) is 10.4 Å². The lowest BCUT2D eigenvalue weighted by Crippen LogP contribution is -2.26. The summed E-state index contributed by atoms with van der Waals surface area (Å²) in [4.78, 5) is 18.8. The van der Waals surface area contributed by atoms with E-state index >= 15 is 0 Å². The normalized spacial score (nSPS) is 11.5. The molecule has 2 aromatic carbocycles. The van der Waals surface area contributed by atoms with E-state index in [2.05, 4.69) is 4.98 Å². The Kier molecular flexibility index (Phi) is 6.02. The molecule has 0 fully saturated rings. The summed E-state index contributed by atoms with van der Waals surface area (Å²) in [5.41, 5.74) is 2.44. The number of aromatic nitrogens is 1. The average molecular weight is 430 g/mol. The van der Waals surface area contributed by atoms with Crippen molar-refractivity contribution in [3.05, 3.63) is 77.4 Å². The van der Waals surface area contributed by atoms with Crippen LogP contribution in [0.25, 0.3) is 11.3 Å². The maximum Gasteiger partial charge on any atom is 0.258 e. The van der Waals surface area contributed by atoms with Gasteiger partial charge in [0, 0.05) is 44.2 Å². The Morgan fingerprint density at radius 1 is 0.966 bits per heavy atom. The monoisotopic (exact) mass is 429 g/mol. The third-order valence-electron chi connectivity index (χ3n) is 4.46. The molecule has 0 aliphatic rings. The number of nitrogens with zero attached hydrogens (tertiary/aromatic N) is 3. The minimum atomic E-state index is -3.55. The number of amides is 1. The van der Waals surface area contributed by atoms with Crippen molar-refractivity contribution in [2.24, 2.45) is 0 Å². The van der Waals surface area contributed by atoms with Crippen LogP contribution in [-0.4, -0.2) is 44.8 Å². The highest BCUT2D eigenvalue weighted by molar-refractivity contribution is 7.89. The van der Waals surface area contributed by atoms with E-state index in [1.807, 2.05) is 18.2 Å². The molecule has 0 N–H and O–H groups in total. The topological polar surface area (TPSA) is 70.6 Å². The van der Waals surface area contributed by atoms with E-state index in [-0.39, 0.29) is 10.8 Å². The van der Waals surface area contributed by atoms with Gasteiger partial charge in [0.1, 0.15) is 0 Å². The highest BCUT2D eigenvalue weighted by atomic mass is 35.5. The van der Waals surface area contributed by atoms with Crippen LogP contribution in [0.2, 0.25) is 5.02 Å². The molecule has 3 aromatic rings. The zero-order valence-corrected chi connectivity index (χ0v) is 17.8. The number of halogens is 1. The first-order valence-corrected chi connectivity index (χ1v) is 10.5. The molecular formula is C21H20ClN3O3S. The van der Waals surface area contributed by atoms with Gasteiger partial charge in [0.15, 0.2) is 0 Å². The van der Waals surface area contributed by atoms with E-state index in [1.54, 1.807) is 31.4 Å². The molecule has 0 saturated heterocycles. The fraction of sp³-hybridized carbons (Fsp3) is 0.143. The molecule has 0 unspecified atom stereocenters. The fourth-order valence-corrected chi connectivity index (χ4v) is 3.85. The third-order valence-corrected chi connectivity index (χ3v) is 6.62. The summed E-state index contributed by atoms with van der Waals surface area (Å²) >= 11 is 6.31. The van der Waals surface area contributed by atoms with Crippen LogP contribution in [0.4, 0.5) is 5.69 Å². The van der Waals surface area contributed by atoms with Gasteiger partial charge in [-0.2, -0.15) is 0 Å². The Hall–Kier alpha value is -2.74. The van der Waals surface area contributed by atoms with Crippen molar-refractivity contribution in [1.29, 1.82) is 0 Å². The number of sulfonamides is 1. The van der Waals surface area contributed by atoms with E-state index in [1.165, 1.54) is 43.3 Å². The molecule has 150 valence electrons. The highest BCUT2D eigenvalue weighted by Crippen LogP contribution is 2.31. The summed E-state index contributed by atoms with van der Waals surface area (Å²) in [6.45, 7) is 0. The van der Waals surface area contributed by atoms with Crippen molar-refractivity contribution in [1.82, 2.24) is 9.29 Å². The molecule has 6 nitrogen and oxygen atoms in total. The first kappa shape index (κ1) is 21.0. The Labute approximate surface area is 175 Å². The molecule has 0 saturated carbocycles. The number of anilines is 1. The van der Waals surface area contributed by atoms with Gasteiger partial charge in [-0.05, 0) is 54.6 Å². The maximum atomic E-state index is 12.9. The molecule has 0 radical (unpaired) electrons. The van der Waals surface area contributed by atoms with Gasteiger partial charge >= 0.3 is 0 Å². The molecule has 1 amide bonds. The number of carbonyl (C=O) groups is 1. The standard InChI is InChI=1S/C21H20ClN3O3S/c1-24(2)29(27,28)17-10-7-15(8-11-17)21(26)25(3)16-9-12-19(22)18(14-16)20-6-4-5-13-23-20/h4-14H,1-3H3. The molecule has 3 rings (SSSR count). The van der Waals surface area contributed by atoms with Gasteiger partial charge in [-0.1, -0.05) is 17.7 Å². The van der Waals surface area contributed by atoms with Crippen LogP contribution in [0.3, 0.4) is 0 Å². The summed E-state index contributed by atoms with van der Waals surface area (Å²) in [6.07, 6.45) is 1.68. The molecule has 1 aromatic heterocycles. The second-order valence-corrected chi connectivity index (χ2v) is 9.11. The zero-order chi connectivity index (χ0) is 21.2. The first-order chi connectivity index (χ1) is 13.7. The average Bonchev–Trinajstić information content (AvgIpc) is 2.73. The molecule has 0 bridgehead atoms. The lowest BCUT2D eigenvalue weighted by molar-refractivity contribution is 0.0993. The molecule has 8 heteroatoms. The molecule has 0 atom stereocenters. The predicted molar refractivity (Wildman–Crippen MR) is 115 cm³/mol. The van der Waals surface area contributed by atoms with Gasteiger partial charge in [-0.3, -0.25) is 9.78 Å². The second-order valence-electron chi connectivity index (χ2n) is 6.56. The second kappa shape index (κ2) is 8.32. The van der Waals surface area contributed by atoms with Gasteiger partial charge in [0.2, 0.25) is 10.0 Å². The number of hydrogen-bond donors (Lipinski definition) is 0. The molecule has 0 aliphatic carbocycles. The maximum absolute atomic E-state index is 12.9. The highest BCUT2D eigenvalue weighted by Gasteiger charge is 2.19. The molecular weight excluding hydrogens is 410 g/mol. The SMILES string of the molecule is CN(C(=O)c1ccc(S(=O)(=O)N(C)C)cc1)c1ccc(Cl)c(-c2ccccn2)c1. The predicted octanol–water partition coefficient (Wildman–Crippen LogP) is 3.93. The van der Waals surface area contributed by atoms with E-state index < -0.39 is 10.0 Å². The van der Waals surface area contributed by atoms with E-state index in [4.69, 9.17) is 11.6 Å². The van der Waals surface area contributed by atoms with E-state index in [0.29, 0.717) is 22.0 Å². The summed E-state index contributed by atoms with van der Waals surface area (Å²) in [6, 6.07) is 16.7. The molecule has 29 heavy (non-hydrogen) atoms. The summed E-state index contributed by atoms with van der Waals surface area (Å²) in [7, 11) is 1.03. The third kappa shape index (κ3) is 4.32. The first-order valence-electron chi connectivity index (χ1n) is 8.73. The van der Waals surface area contributed by atoms with Crippen molar-refractivity contribution in [3.8, 4) is 11.3 Å². The fourth-order valence-electron chi connectivity index (χ4n) is 2.73. The quantitative estimate of drug-likeness (QED) is 0.616. The summed E-state index contributed by atoms with van der Waals surface area (Å²) in [5.74, 6) is -0.270. The number of carbonyl (C=O) groups excluding carboxylic acids is 1. The zero-order valence-electron chi connectivity index (χ0n) is 16.2. The Balaban J connectivity index is 1.89. The van der Waals surface area contributed by atoms with Crippen molar-refractivity contribution in [2.45, 2.75) is 4.90 Å². The van der Waals surface area contributed by atoms with Crippen LogP contribution in [-0.2, 0) is 10.0 Å². The molecule has 0 aliphatic heterocycles. The Bertz CT molecular complexity index is 1130. The van der Waals surface area contributed by atoms with Crippen LogP contribution >= 0.6 is 11.6 Å². The Morgan fingerprint density at radius 3 is 2.24 bits per heavy atom. The minimum absolute atomic E-state index is 0.130. The van der Waals surface area contributed by atoms with Crippen LogP contribution in [0.15, 0.2) is 71.8 Å². The van der Waals surface area contributed by atoms with Gasteiger partial charge in [-0.15, -0.1) is 0 Å². The van der Waals surface area contributed by atoms with E-state index in [0.717, 1.165) is 9.87 Å². The van der Waals surface area contributed by atoms with Crippen molar-refractivity contribution < 1.29 is 13.2 Å². The largest absolute Gasteiger partial charge is 0.311 e. The van der Waals surface area contributed by atoms with Gasteiger partial charge in [0.25, 0.3) is 5.91 Å². The van der Waals surface area contributed by atoms with Crippen LogP contribution < -0.4 is 4.90 Å². The molecule has 0 spiro atoms. The van der Waals surface area contributed by atoms with Gasteiger partial charge < -0.3 is 4.90 Å². The smallest absolute Gasteiger partial charge is 0.258 e. The van der Waals surface area contributed by atoms with Crippen LogP contribution in [0.5, 0.6) is 0 Å². The van der Waals surface area contributed by atoms with Crippen LogP contribution in [0, 0.1) is 0 Å². The van der Waals surface area contributed by atoms with Crippen molar-refractivity contribution >= 4 is 33.2 Å². The molecule has 1 heterocycles. The number of rotatable bonds is 5. The van der Waals surface area contributed by atoms with Crippen molar-refractivity contribution in [2.75, 3.05) is 26.0 Å². The van der Waals surface area contributed by atoms with E-state index in [9.17, 15) is 13.2 Å². The summed E-state index contributed by atoms with van der Waals surface area (Å²) in [5, 5.41) is 0.534. The van der Waals surface area contributed by atoms with Gasteiger partial charge in [0.05, 0.1) is 15.6 Å². The number of pyridine rings is 1. The lowest BCUT2D eigenvalue weighted by atomic mass is 10.1. The van der Waals surface area contributed by atoms with Crippen molar-refractivity contribution in [3.63, 3.8) is 0 Å². The van der Waals surface area contributed by atoms with Gasteiger partial charge in [-0.25, -0.2) is 12.7 Å². The Morgan fingerprint density at radius 2 is 1.66 bits per heavy atom. The lowest BCUT2D eigenvalue weighted by Gasteiger charge is -2.19. The minimum Gasteiger partial charge on any atom is -0.311 e. The summed E-state index contributed by atoms with van der Waals surface area (Å²) < 4.78 is 25.5. The number of hydrogen-bond acceptors (Lipinski definition) is 4.